The Kier molecular flexibility index (Phi) is 5.16. The van der Waals surface area contributed by atoms with Gasteiger partial charge < -0.3 is 15.4 Å². The monoisotopic (exact) mass is 278 g/mol. The summed E-state index contributed by atoms with van der Waals surface area (Å²) in [6, 6.07) is 8.28. The predicted molar refractivity (Wildman–Crippen MR) is 83.7 cm³/mol. The van der Waals surface area contributed by atoms with E-state index < -0.39 is 0 Å². The molecule has 104 valence electrons. The number of hydrogen-bond acceptors (Lipinski definition) is 2. The van der Waals surface area contributed by atoms with Crippen LogP contribution in [0.4, 0.5) is 5.69 Å². The normalized spacial score (nSPS) is 18.6. The Labute approximate surface area is 120 Å². The molecule has 1 aliphatic heterocycles. The van der Waals surface area contributed by atoms with Crippen molar-refractivity contribution in [1.82, 2.24) is 5.32 Å². The summed E-state index contributed by atoms with van der Waals surface area (Å²) in [4.78, 5) is 0. The number of benzene rings is 1. The van der Waals surface area contributed by atoms with Crippen LogP contribution in [0.3, 0.4) is 0 Å². The highest BCUT2D eigenvalue weighted by Crippen LogP contribution is 2.23. The zero-order valence-electron chi connectivity index (χ0n) is 11.6. The van der Waals surface area contributed by atoms with Crippen LogP contribution in [-0.2, 0) is 4.74 Å². The molecule has 3 nitrogen and oxygen atoms in total. The van der Waals surface area contributed by atoms with Crippen LogP contribution >= 0.6 is 12.2 Å². The van der Waals surface area contributed by atoms with Gasteiger partial charge in [0.25, 0.3) is 0 Å². The Morgan fingerprint density at radius 2 is 2.21 bits per heavy atom. The lowest BCUT2D eigenvalue weighted by Gasteiger charge is -2.17. The standard InChI is InChI=1S/C15H22N2OS/c1-11(2)13-7-3-4-8-14(13)17-15(19)16-10-12-6-5-9-18-12/h3-4,7-8,11-12H,5-6,9-10H2,1-2H3,(H2,16,17,19)/t12-/m1/s1. The van der Waals surface area contributed by atoms with Crippen molar-refractivity contribution in [3.8, 4) is 0 Å². The van der Waals surface area contributed by atoms with Crippen molar-refractivity contribution >= 4 is 23.0 Å². The van der Waals surface area contributed by atoms with Crippen LogP contribution in [0.15, 0.2) is 24.3 Å². The van der Waals surface area contributed by atoms with Gasteiger partial charge in [-0.1, -0.05) is 32.0 Å². The van der Waals surface area contributed by atoms with Crippen LogP contribution in [0.25, 0.3) is 0 Å². The average molecular weight is 278 g/mol. The third-order valence-corrected chi connectivity index (χ3v) is 3.59. The van der Waals surface area contributed by atoms with E-state index in [1.54, 1.807) is 0 Å². The fraction of sp³-hybridized carbons (Fsp3) is 0.533. The lowest BCUT2D eigenvalue weighted by molar-refractivity contribution is 0.114. The summed E-state index contributed by atoms with van der Waals surface area (Å²) in [5, 5.41) is 7.19. The zero-order chi connectivity index (χ0) is 13.7. The van der Waals surface area contributed by atoms with Crippen LogP contribution in [0.5, 0.6) is 0 Å². The molecule has 1 heterocycles. The number of para-hydroxylation sites is 1. The molecule has 1 aliphatic rings. The van der Waals surface area contributed by atoms with Gasteiger partial charge in [0.1, 0.15) is 0 Å². The molecule has 4 heteroatoms. The molecule has 0 aliphatic carbocycles. The molecule has 0 amide bonds. The Morgan fingerprint density at radius 3 is 2.89 bits per heavy atom. The minimum Gasteiger partial charge on any atom is -0.376 e. The topological polar surface area (TPSA) is 33.3 Å². The van der Waals surface area contributed by atoms with Gasteiger partial charge in [0.2, 0.25) is 0 Å². The van der Waals surface area contributed by atoms with Gasteiger partial charge in [-0.15, -0.1) is 0 Å². The molecule has 0 spiro atoms. The molecule has 0 bridgehead atoms. The van der Waals surface area contributed by atoms with Crippen LogP contribution in [0.1, 0.15) is 38.2 Å². The summed E-state index contributed by atoms with van der Waals surface area (Å²) >= 11 is 5.34. The molecule has 0 aromatic heterocycles. The number of hydrogen-bond donors (Lipinski definition) is 2. The molecule has 1 fully saturated rings. The van der Waals surface area contributed by atoms with Gasteiger partial charge in [0.15, 0.2) is 5.11 Å². The molecule has 1 aromatic carbocycles. The molecular weight excluding hydrogens is 256 g/mol. The molecular formula is C15H22N2OS. The quantitative estimate of drug-likeness (QED) is 0.828. The van der Waals surface area contributed by atoms with Crippen molar-refractivity contribution in [3.63, 3.8) is 0 Å². The fourth-order valence-electron chi connectivity index (χ4n) is 2.29. The van der Waals surface area contributed by atoms with E-state index in [0.29, 0.717) is 17.1 Å². The van der Waals surface area contributed by atoms with E-state index >= 15 is 0 Å². The van der Waals surface area contributed by atoms with Gasteiger partial charge in [-0.05, 0) is 42.6 Å². The fourth-order valence-corrected chi connectivity index (χ4v) is 2.49. The minimum absolute atomic E-state index is 0.306. The van der Waals surface area contributed by atoms with Crippen LogP contribution in [0.2, 0.25) is 0 Å². The molecule has 1 saturated heterocycles. The van der Waals surface area contributed by atoms with Crippen molar-refractivity contribution in [3.05, 3.63) is 29.8 Å². The van der Waals surface area contributed by atoms with Crippen molar-refractivity contribution in [2.45, 2.75) is 38.7 Å². The maximum Gasteiger partial charge on any atom is 0.170 e. The van der Waals surface area contributed by atoms with E-state index in [0.717, 1.165) is 31.7 Å². The minimum atomic E-state index is 0.306. The highest BCUT2D eigenvalue weighted by atomic mass is 32.1. The van der Waals surface area contributed by atoms with E-state index in [1.165, 1.54) is 5.56 Å². The summed E-state index contributed by atoms with van der Waals surface area (Å²) in [7, 11) is 0. The highest BCUT2D eigenvalue weighted by Gasteiger charge is 2.15. The van der Waals surface area contributed by atoms with Crippen molar-refractivity contribution in [2.75, 3.05) is 18.5 Å². The molecule has 1 atom stereocenters. The first-order chi connectivity index (χ1) is 9.16. The van der Waals surface area contributed by atoms with Crippen LogP contribution in [-0.4, -0.2) is 24.4 Å². The van der Waals surface area contributed by atoms with Gasteiger partial charge >= 0.3 is 0 Å². The number of ether oxygens (including phenoxy) is 1. The first kappa shape index (κ1) is 14.3. The molecule has 2 N–H and O–H groups in total. The number of nitrogens with one attached hydrogen (secondary N) is 2. The van der Waals surface area contributed by atoms with Gasteiger partial charge in [0.05, 0.1) is 6.10 Å². The Bertz CT molecular complexity index is 428. The first-order valence-electron chi connectivity index (χ1n) is 6.92. The molecule has 1 aromatic rings. The summed E-state index contributed by atoms with van der Waals surface area (Å²) in [5.74, 6) is 0.477. The maximum absolute atomic E-state index is 5.57. The number of rotatable bonds is 4. The Hall–Kier alpha value is -1.13. The second kappa shape index (κ2) is 6.87. The third-order valence-electron chi connectivity index (χ3n) is 3.35. The van der Waals surface area contributed by atoms with Crippen molar-refractivity contribution in [2.24, 2.45) is 0 Å². The van der Waals surface area contributed by atoms with Crippen LogP contribution in [0, 0.1) is 0 Å². The zero-order valence-corrected chi connectivity index (χ0v) is 12.4. The maximum atomic E-state index is 5.57. The smallest absolute Gasteiger partial charge is 0.170 e. The predicted octanol–water partition coefficient (Wildman–Crippen LogP) is 3.28. The first-order valence-corrected chi connectivity index (χ1v) is 7.33. The van der Waals surface area contributed by atoms with Gasteiger partial charge in [-0.2, -0.15) is 0 Å². The highest BCUT2D eigenvalue weighted by molar-refractivity contribution is 7.80. The lowest BCUT2D eigenvalue weighted by atomic mass is 10.0. The van der Waals surface area contributed by atoms with E-state index in [-0.39, 0.29) is 0 Å². The Balaban J connectivity index is 1.87. The second-order valence-electron chi connectivity index (χ2n) is 5.21. The Morgan fingerprint density at radius 1 is 1.42 bits per heavy atom. The summed E-state index contributed by atoms with van der Waals surface area (Å²) in [6.45, 7) is 6.03. The van der Waals surface area contributed by atoms with Crippen LogP contribution < -0.4 is 10.6 Å². The molecule has 19 heavy (non-hydrogen) atoms. The molecule has 2 rings (SSSR count). The van der Waals surface area contributed by atoms with Gasteiger partial charge in [0, 0.05) is 18.8 Å². The molecule has 0 radical (unpaired) electrons. The van der Waals surface area contributed by atoms with E-state index in [9.17, 15) is 0 Å². The summed E-state index contributed by atoms with van der Waals surface area (Å²) < 4.78 is 5.57. The van der Waals surface area contributed by atoms with E-state index in [4.69, 9.17) is 17.0 Å². The summed E-state index contributed by atoms with van der Waals surface area (Å²) in [6.07, 6.45) is 2.58. The molecule has 0 saturated carbocycles. The largest absolute Gasteiger partial charge is 0.376 e. The second-order valence-corrected chi connectivity index (χ2v) is 5.62. The van der Waals surface area contributed by atoms with Crippen molar-refractivity contribution in [1.29, 1.82) is 0 Å². The number of thiocarbonyl (C=S) groups is 1. The third kappa shape index (κ3) is 4.18. The van der Waals surface area contributed by atoms with E-state index in [2.05, 4.69) is 42.7 Å². The van der Waals surface area contributed by atoms with Gasteiger partial charge in [-0.3, -0.25) is 0 Å². The summed E-state index contributed by atoms with van der Waals surface area (Å²) in [5.41, 5.74) is 2.37. The van der Waals surface area contributed by atoms with Gasteiger partial charge in [-0.25, -0.2) is 0 Å². The van der Waals surface area contributed by atoms with Crippen molar-refractivity contribution < 1.29 is 4.74 Å². The molecule has 0 unspecified atom stereocenters. The SMILES string of the molecule is CC(C)c1ccccc1NC(=S)NC[C@H]1CCCO1. The number of anilines is 1. The lowest BCUT2D eigenvalue weighted by Crippen LogP contribution is -2.35. The average Bonchev–Trinajstić information content (AvgIpc) is 2.90. The van der Waals surface area contributed by atoms with E-state index in [1.807, 2.05) is 6.07 Å².